The molecular formula is C26H26N4O2. The van der Waals surface area contributed by atoms with Crippen molar-refractivity contribution in [1.29, 1.82) is 0 Å². The van der Waals surface area contributed by atoms with Crippen molar-refractivity contribution >= 4 is 22.6 Å². The Morgan fingerprint density at radius 3 is 2.66 bits per heavy atom. The number of aromatic nitrogens is 2. The van der Waals surface area contributed by atoms with Crippen molar-refractivity contribution in [3.05, 3.63) is 83.4 Å². The number of hydrogen-bond donors (Lipinski definition) is 2. The Balaban J connectivity index is 1.35. The van der Waals surface area contributed by atoms with Crippen LogP contribution in [-0.4, -0.2) is 47.1 Å². The molecule has 6 nitrogen and oxygen atoms in total. The Labute approximate surface area is 187 Å². The first-order valence-corrected chi connectivity index (χ1v) is 10.9. The van der Waals surface area contributed by atoms with Crippen LogP contribution < -0.4 is 5.32 Å². The molecule has 0 bridgehead atoms. The van der Waals surface area contributed by atoms with Crippen molar-refractivity contribution in [2.45, 2.75) is 13.5 Å². The average Bonchev–Trinajstić information content (AvgIpc) is 3.25. The lowest BCUT2D eigenvalue weighted by molar-refractivity contribution is 0.0341. The van der Waals surface area contributed by atoms with Gasteiger partial charge < -0.3 is 15.0 Å². The number of H-pyrrole nitrogens is 1. The van der Waals surface area contributed by atoms with Crippen molar-refractivity contribution in [2.75, 3.05) is 31.6 Å². The Hall–Kier alpha value is -3.48. The second-order valence-electron chi connectivity index (χ2n) is 8.13. The van der Waals surface area contributed by atoms with Crippen LogP contribution in [0.2, 0.25) is 0 Å². The Bertz CT molecular complexity index is 1220. The minimum atomic E-state index is -0.130. The van der Waals surface area contributed by atoms with Crippen molar-refractivity contribution in [1.82, 2.24) is 14.9 Å². The molecule has 0 aliphatic carbocycles. The van der Waals surface area contributed by atoms with Gasteiger partial charge in [-0.15, -0.1) is 0 Å². The smallest absolute Gasteiger partial charge is 0.255 e. The molecule has 1 fully saturated rings. The molecule has 3 aromatic carbocycles. The summed E-state index contributed by atoms with van der Waals surface area (Å²) in [6.07, 6.45) is 0. The van der Waals surface area contributed by atoms with E-state index < -0.39 is 0 Å². The number of benzene rings is 3. The second kappa shape index (κ2) is 8.94. The molecule has 2 heterocycles. The zero-order valence-electron chi connectivity index (χ0n) is 18.1. The topological polar surface area (TPSA) is 70.2 Å². The number of hydrogen-bond acceptors (Lipinski definition) is 4. The molecule has 162 valence electrons. The molecular weight excluding hydrogens is 400 g/mol. The highest BCUT2D eigenvalue weighted by molar-refractivity contribution is 6.06. The number of imidazole rings is 1. The fraction of sp³-hybridized carbons (Fsp3) is 0.231. The number of ether oxygens (including phenoxy) is 1. The van der Waals surface area contributed by atoms with E-state index >= 15 is 0 Å². The van der Waals surface area contributed by atoms with Gasteiger partial charge in [-0.05, 0) is 54.4 Å². The predicted octanol–water partition coefficient (Wildman–Crippen LogP) is 4.62. The number of para-hydroxylation sites is 3. The number of morpholine rings is 1. The normalized spacial score (nSPS) is 14.5. The number of nitrogens with zero attached hydrogens (tertiary/aromatic N) is 2. The average molecular weight is 427 g/mol. The summed E-state index contributed by atoms with van der Waals surface area (Å²) in [5.74, 6) is 0.605. The molecule has 6 heteroatoms. The number of carbonyl (C=O) groups is 1. The SMILES string of the molecule is Cc1cc(C(=O)Nc2ccccc2-c2nc3ccccc3[nH]2)ccc1CN1CCOCC1. The van der Waals surface area contributed by atoms with Crippen molar-refractivity contribution in [2.24, 2.45) is 0 Å². The highest BCUT2D eigenvalue weighted by atomic mass is 16.5. The predicted molar refractivity (Wildman–Crippen MR) is 127 cm³/mol. The largest absolute Gasteiger partial charge is 0.379 e. The molecule has 0 unspecified atom stereocenters. The summed E-state index contributed by atoms with van der Waals surface area (Å²) in [6.45, 7) is 6.40. The summed E-state index contributed by atoms with van der Waals surface area (Å²) in [5, 5.41) is 3.07. The minimum Gasteiger partial charge on any atom is -0.379 e. The van der Waals surface area contributed by atoms with Gasteiger partial charge in [-0.2, -0.15) is 0 Å². The molecule has 1 saturated heterocycles. The minimum absolute atomic E-state index is 0.130. The van der Waals surface area contributed by atoms with E-state index in [1.807, 2.05) is 60.7 Å². The molecule has 0 spiro atoms. The van der Waals surface area contributed by atoms with Crippen LogP contribution in [0.15, 0.2) is 66.7 Å². The van der Waals surface area contributed by atoms with Crippen LogP contribution in [0.5, 0.6) is 0 Å². The lowest BCUT2D eigenvalue weighted by Gasteiger charge is -2.27. The van der Waals surface area contributed by atoms with Gasteiger partial charge in [-0.3, -0.25) is 9.69 Å². The van der Waals surface area contributed by atoms with Crippen LogP contribution in [0.3, 0.4) is 0 Å². The van der Waals surface area contributed by atoms with Crippen LogP contribution in [-0.2, 0) is 11.3 Å². The first-order chi connectivity index (χ1) is 15.7. The zero-order chi connectivity index (χ0) is 21.9. The van der Waals surface area contributed by atoms with E-state index in [1.165, 1.54) is 5.56 Å². The second-order valence-corrected chi connectivity index (χ2v) is 8.13. The van der Waals surface area contributed by atoms with Crippen LogP contribution in [0.4, 0.5) is 5.69 Å². The van der Waals surface area contributed by atoms with Gasteiger partial charge in [0.1, 0.15) is 5.82 Å². The van der Waals surface area contributed by atoms with Crippen molar-refractivity contribution in [3.8, 4) is 11.4 Å². The molecule has 5 rings (SSSR count). The van der Waals surface area contributed by atoms with Gasteiger partial charge >= 0.3 is 0 Å². The number of aromatic amines is 1. The van der Waals surface area contributed by atoms with Crippen LogP contribution in [0, 0.1) is 6.92 Å². The number of fused-ring (bicyclic) bond motifs is 1. The maximum atomic E-state index is 13.1. The third kappa shape index (κ3) is 4.28. The van der Waals surface area contributed by atoms with Gasteiger partial charge in [-0.25, -0.2) is 4.98 Å². The van der Waals surface area contributed by atoms with Gasteiger partial charge in [-0.1, -0.05) is 30.3 Å². The molecule has 4 aromatic rings. The van der Waals surface area contributed by atoms with E-state index in [-0.39, 0.29) is 5.91 Å². The van der Waals surface area contributed by atoms with Crippen molar-refractivity contribution in [3.63, 3.8) is 0 Å². The maximum absolute atomic E-state index is 13.1. The molecule has 0 saturated carbocycles. The van der Waals surface area contributed by atoms with Gasteiger partial charge in [0.25, 0.3) is 5.91 Å². The van der Waals surface area contributed by atoms with Crippen LogP contribution in [0.25, 0.3) is 22.4 Å². The first kappa shape index (κ1) is 20.4. The van der Waals surface area contributed by atoms with Gasteiger partial charge in [0.2, 0.25) is 0 Å². The molecule has 1 amide bonds. The standard InChI is InChI=1S/C26H26N4O2/c1-18-16-19(10-11-20(18)17-30-12-14-32-15-13-30)26(31)29-22-7-3-2-6-21(22)25-27-23-8-4-5-9-24(23)28-25/h2-11,16H,12-15,17H2,1H3,(H,27,28)(H,29,31). The van der Waals surface area contributed by atoms with E-state index in [1.54, 1.807) is 0 Å². The Morgan fingerprint density at radius 2 is 1.84 bits per heavy atom. The number of nitrogens with one attached hydrogen (secondary N) is 2. The molecule has 1 aliphatic heterocycles. The molecule has 0 atom stereocenters. The number of amides is 1. The van der Waals surface area contributed by atoms with Gasteiger partial charge in [0.15, 0.2) is 0 Å². The van der Waals surface area contributed by atoms with Crippen molar-refractivity contribution < 1.29 is 9.53 Å². The van der Waals surface area contributed by atoms with E-state index in [0.717, 1.165) is 66.5 Å². The lowest BCUT2D eigenvalue weighted by Crippen LogP contribution is -2.35. The quantitative estimate of drug-likeness (QED) is 0.488. The summed E-state index contributed by atoms with van der Waals surface area (Å²) in [4.78, 5) is 23.5. The van der Waals surface area contributed by atoms with Crippen LogP contribution in [0.1, 0.15) is 21.5 Å². The molecule has 32 heavy (non-hydrogen) atoms. The Kier molecular flexibility index (Phi) is 5.71. The van der Waals surface area contributed by atoms with E-state index in [4.69, 9.17) is 4.74 Å². The monoisotopic (exact) mass is 426 g/mol. The van der Waals surface area contributed by atoms with E-state index in [2.05, 4.69) is 33.2 Å². The molecule has 1 aromatic heterocycles. The highest BCUT2D eigenvalue weighted by Gasteiger charge is 2.15. The molecule has 0 radical (unpaired) electrons. The zero-order valence-corrected chi connectivity index (χ0v) is 18.1. The maximum Gasteiger partial charge on any atom is 0.255 e. The number of carbonyl (C=O) groups excluding carboxylic acids is 1. The summed E-state index contributed by atoms with van der Waals surface area (Å²) in [6, 6.07) is 21.6. The third-order valence-corrected chi connectivity index (χ3v) is 5.92. The fourth-order valence-corrected chi connectivity index (χ4v) is 4.09. The first-order valence-electron chi connectivity index (χ1n) is 10.9. The summed E-state index contributed by atoms with van der Waals surface area (Å²) in [7, 11) is 0. The summed E-state index contributed by atoms with van der Waals surface area (Å²) < 4.78 is 5.43. The van der Waals surface area contributed by atoms with Crippen LogP contribution >= 0.6 is 0 Å². The highest BCUT2D eigenvalue weighted by Crippen LogP contribution is 2.28. The van der Waals surface area contributed by atoms with Gasteiger partial charge in [0, 0.05) is 30.8 Å². The number of anilines is 1. The lowest BCUT2D eigenvalue weighted by atomic mass is 10.0. The number of rotatable bonds is 5. The fourth-order valence-electron chi connectivity index (χ4n) is 4.09. The molecule has 1 aliphatic rings. The number of aryl methyl sites for hydroxylation is 1. The van der Waals surface area contributed by atoms with Gasteiger partial charge in [0.05, 0.1) is 29.9 Å². The Morgan fingerprint density at radius 1 is 1.06 bits per heavy atom. The summed E-state index contributed by atoms with van der Waals surface area (Å²) >= 11 is 0. The summed E-state index contributed by atoms with van der Waals surface area (Å²) in [5.41, 5.74) is 6.46. The molecule has 2 N–H and O–H groups in total. The van der Waals surface area contributed by atoms with E-state index in [0.29, 0.717) is 5.56 Å². The van der Waals surface area contributed by atoms with E-state index in [9.17, 15) is 4.79 Å². The third-order valence-electron chi connectivity index (χ3n) is 5.92.